The van der Waals surface area contributed by atoms with E-state index in [4.69, 9.17) is 32.7 Å². The summed E-state index contributed by atoms with van der Waals surface area (Å²) in [6.07, 6.45) is 0. The van der Waals surface area contributed by atoms with Crippen LogP contribution in [0.25, 0.3) is 0 Å². The second-order valence-electron chi connectivity index (χ2n) is 7.19. The molecule has 0 bridgehead atoms. The highest BCUT2D eigenvalue weighted by atomic mass is 35.5. The van der Waals surface area contributed by atoms with Crippen LogP contribution in [-0.2, 0) is 38.8 Å². The first-order valence-electron chi connectivity index (χ1n) is 10.3. The van der Waals surface area contributed by atoms with Gasteiger partial charge in [0.05, 0.1) is 13.2 Å². The van der Waals surface area contributed by atoms with Gasteiger partial charge in [0.25, 0.3) is 0 Å². The molecule has 0 atom stereocenters. The molecule has 172 valence electrons. The lowest BCUT2D eigenvalue weighted by molar-refractivity contribution is -0.126. The SMILES string of the molecule is O=C(COCc1ccccc1Cl)NCc1cccc(NC(=O)COCc2ccccc2Cl)c1. The van der Waals surface area contributed by atoms with Gasteiger partial charge in [-0.15, -0.1) is 0 Å². The second-order valence-corrected chi connectivity index (χ2v) is 8.01. The molecule has 0 radical (unpaired) electrons. The minimum atomic E-state index is -0.281. The molecule has 0 fully saturated rings. The highest BCUT2D eigenvalue weighted by Crippen LogP contribution is 2.17. The van der Waals surface area contributed by atoms with Crippen molar-refractivity contribution in [3.63, 3.8) is 0 Å². The molecule has 0 aromatic heterocycles. The number of halogens is 2. The van der Waals surface area contributed by atoms with Gasteiger partial charge in [-0.05, 0) is 41.0 Å². The first kappa shape index (κ1) is 24.7. The molecule has 2 N–H and O–H groups in total. The Balaban J connectivity index is 1.38. The zero-order valence-electron chi connectivity index (χ0n) is 17.9. The van der Waals surface area contributed by atoms with Crippen molar-refractivity contribution in [2.75, 3.05) is 18.5 Å². The van der Waals surface area contributed by atoms with Crippen LogP contribution in [0.15, 0.2) is 72.8 Å². The van der Waals surface area contributed by atoms with Crippen LogP contribution in [0.2, 0.25) is 10.0 Å². The topological polar surface area (TPSA) is 76.7 Å². The minimum absolute atomic E-state index is 0.0789. The van der Waals surface area contributed by atoms with Gasteiger partial charge < -0.3 is 20.1 Å². The number of ether oxygens (including phenoxy) is 2. The Hall–Kier alpha value is -2.90. The third-order valence-corrected chi connectivity index (χ3v) is 5.33. The molecule has 0 heterocycles. The summed E-state index contributed by atoms with van der Waals surface area (Å²) in [6.45, 7) is 0.630. The van der Waals surface area contributed by atoms with E-state index in [2.05, 4.69) is 10.6 Å². The average Bonchev–Trinajstić information content (AvgIpc) is 2.80. The summed E-state index contributed by atoms with van der Waals surface area (Å²) >= 11 is 12.1. The first-order valence-corrected chi connectivity index (χ1v) is 11.0. The smallest absolute Gasteiger partial charge is 0.250 e. The van der Waals surface area contributed by atoms with Crippen LogP contribution in [0.1, 0.15) is 16.7 Å². The maximum absolute atomic E-state index is 12.2. The predicted octanol–water partition coefficient (Wildman–Crippen LogP) is 4.98. The van der Waals surface area contributed by atoms with E-state index in [0.717, 1.165) is 16.7 Å². The van der Waals surface area contributed by atoms with Gasteiger partial charge in [0.1, 0.15) is 13.2 Å². The number of carbonyl (C=O) groups excluding carboxylic acids is 2. The zero-order chi connectivity index (χ0) is 23.5. The number of hydrogen-bond donors (Lipinski definition) is 2. The van der Waals surface area contributed by atoms with Crippen molar-refractivity contribution in [2.45, 2.75) is 19.8 Å². The summed E-state index contributed by atoms with van der Waals surface area (Å²) in [5, 5.41) is 6.77. The van der Waals surface area contributed by atoms with Gasteiger partial charge in [-0.2, -0.15) is 0 Å². The highest BCUT2D eigenvalue weighted by Gasteiger charge is 2.07. The lowest BCUT2D eigenvalue weighted by Gasteiger charge is -2.10. The molecule has 3 rings (SSSR count). The van der Waals surface area contributed by atoms with Gasteiger partial charge in [-0.3, -0.25) is 9.59 Å². The fraction of sp³-hybridized carbons (Fsp3) is 0.200. The van der Waals surface area contributed by atoms with Gasteiger partial charge in [0, 0.05) is 22.3 Å². The van der Waals surface area contributed by atoms with Crippen molar-refractivity contribution in [1.82, 2.24) is 5.32 Å². The van der Waals surface area contributed by atoms with Gasteiger partial charge in [0.15, 0.2) is 0 Å². The Morgan fingerprint density at radius 2 is 1.30 bits per heavy atom. The molecular weight excluding hydrogens is 463 g/mol. The van der Waals surface area contributed by atoms with Crippen molar-refractivity contribution >= 4 is 40.7 Å². The largest absolute Gasteiger partial charge is 0.367 e. The van der Waals surface area contributed by atoms with E-state index >= 15 is 0 Å². The summed E-state index contributed by atoms with van der Waals surface area (Å²) in [7, 11) is 0. The summed E-state index contributed by atoms with van der Waals surface area (Å²) in [5.74, 6) is -0.527. The van der Waals surface area contributed by atoms with E-state index in [-0.39, 0.29) is 38.2 Å². The lowest BCUT2D eigenvalue weighted by atomic mass is 10.2. The molecule has 2 amide bonds. The summed E-state index contributed by atoms with van der Waals surface area (Å²) in [5.41, 5.74) is 3.10. The van der Waals surface area contributed by atoms with E-state index in [1.54, 1.807) is 30.3 Å². The number of nitrogens with one attached hydrogen (secondary N) is 2. The quantitative estimate of drug-likeness (QED) is 0.400. The molecule has 8 heteroatoms. The summed E-state index contributed by atoms with van der Waals surface area (Å²) in [4.78, 5) is 24.2. The standard InChI is InChI=1S/C25H24Cl2N2O4/c26-22-10-3-1-7-19(22)14-32-16-24(30)28-13-18-6-5-9-21(12-18)29-25(31)17-33-15-20-8-2-4-11-23(20)27/h1-12H,13-17H2,(H,28,30)(H,29,31). The van der Waals surface area contributed by atoms with Crippen LogP contribution in [0.4, 0.5) is 5.69 Å². The third-order valence-electron chi connectivity index (χ3n) is 4.60. The molecule has 0 aliphatic carbocycles. The average molecular weight is 487 g/mol. The van der Waals surface area contributed by atoms with Crippen molar-refractivity contribution in [3.05, 3.63) is 99.5 Å². The van der Waals surface area contributed by atoms with Gasteiger partial charge in [0.2, 0.25) is 11.8 Å². The van der Waals surface area contributed by atoms with Crippen molar-refractivity contribution in [3.8, 4) is 0 Å². The minimum Gasteiger partial charge on any atom is -0.367 e. The lowest BCUT2D eigenvalue weighted by Crippen LogP contribution is -2.27. The normalized spacial score (nSPS) is 10.6. The number of anilines is 1. The number of benzene rings is 3. The molecule has 33 heavy (non-hydrogen) atoms. The summed E-state index contributed by atoms with van der Waals surface area (Å²) in [6, 6.07) is 21.9. The zero-order valence-corrected chi connectivity index (χ0v) is 19.4. The molecular formula is C25H24Cl2N2O4. The third kappa shape index (κ3) is 8.51. The Morgan fingerprint density at radius 1 is 0.727 bits per heavy atom. The van der Waals surface area contributed by atoms with E-state index in [1.807, 2.05) is 42.5 Å². The maximum atomic E-state index is 12.2. The second kappa shape index (κ2) is 13.0. The van der Waals surface area contributed by atoms with Crippen LogP contribution in [0, 0.1) is 0 Å². The molecule has 3 aromatic rings. The predicted molar refractivity (Wildman–Crippen MR) is 129 cm³/mol. The van der Waals surface area contributed by atoms with Crippen molar-refractivity contribution < 1.29 is 19.1 Å². The van der Waals surface area contributed by atoms with E-state index in [0.29, 0.717) is 22.3 Å². The van der Waals surface area contributed by atoms with Gasteiger partial charge in [-0.1, -0.05) is 71.7 Å². The fourth-order valence-electron chi connectivity index (χ4n) is 2.95. The number of carbonyl (C=O) groups is 2. The van der Waals surface area contributed by atoms with E-state index < -0.39 is 0 Å². The Labute approximate surface area is 202 Å². The van der Waals surface area contributed by atoms with Crippen LogP contribution in [0.5, 0.6) is 0 Å². The highest BCUT2D eigenvalue weighted by molar-refractivity contribution is 6.31. The monoisotopic (exact) mass is 486 g/mol. The first-order chi connectivity index (χ1) is 16.0. The van der Waals surface area contributed by atoms with Crippen LogP contribution in [-0.4, -0.2) is 25.0 Å². The maximum Gasteiger partial charge on any atom is 0.250 e. The van der Waals surface area contributed by atoms with Crippen molar-refractivity contribution in [1.29, 1.82) is 0 Å². The fourth-order valence-corrected chi connectivity index (χ4v) is 3.33. The molecule has 0 saturated heterocycles. The Morgan fingerprint density at radius 3 is 1.91 bits per heavy atom. The molecule has 0 unspecified atom stereocenters. The molecule has 0 aliphatic heterocycles. The Bertz CT molecular complexity index is 1090. The molecule has 3 aromatic carbocycles. The number of amides is 2. The van der Waals surface area contributed by atoms with Gasteiger partial charge >= 0.3 is 0 Å². The molecule has 0 spiro atoms. The number of rotatable bonds is 11. The van der Waals surface area contributed by atoms with Gasteiger partial charge in [-0.25, -0.2) is 0 Å². The number of hydrogen-bond acceptors (Lipinski definition) is 4. The molecule has 0 aliphatic rings. The van der Waals surface area contributed by atoms with Crippen LogP contribution >= 0.6 is 23.2 Å². The molecule has 0 saturated carbocycles. The van der Waals surface area contributed by atoms with E-state index in [1.165, 1.54) is 0 Å². The van der Waals surface area contributed by atoms with E-state index in [9.17, 15) is 9.59 Å². The Kier molecular flexibility index (Phi) is 9.72. The van der Waals surface area contributed by atoms with Crippen LogP contribution in [0.3, 0.4) is 0 Å². The molecule has 6 nitrogen and oxygen atoms in total. The summed E-state index contributed by atoms with van der Waals surface area (Å²) < 4.78 is 10.9. The van der Waals surface area contributed by atoms with Crippen LogP contribution < -0.4 is 10.6 Å². The van der Waals surface area contributed by atoms with Crippen molar-refractivity contribution in [2.24, 2.45) is 0 Å².